The number of hydrogen-bond donors (Lipinski definition) is 1. The van der Waals surface area contributed by atoms with Gasteiger partial charge in [0.1, 0.15) is 11.5 Å². The van der Waals surface area contributed by atoms with Crippen molar-refractivity contribution < 1.29 is 13.9 Å². The number of fused-ring (bicyclic) bond motifs is 2. The number of benzene rings is 2. The van der Waals surface area contributed by atoms with Gasteiger partial charge in [-0.1, -0.05) is 18.2 Å². The Kier molecular flexibility index (Phi) is 3.69. The van der Waals surface area contributed by atoms with Crippen LogP contribution in [0.4, 0.5) is 4.39 Å². The maximum Gasteiger partial charge on any atom is 0.166 e. The zero-order chi connectivity index (χ0) is 15.7. The molecule has 0 aliphatic carbocycles. The second-order valence-electron chi connectivity index (χ2n) is 6.38. The van der Waals surface area contributed by atoms with Crippen molar-refractivity contribution in [3.63, 3.8) is 0 Å². The first-order valence-electron chi connectivity index (χ1n) is 8.22. The molecule has 2 unspecified atom stereocenters. The van der Waals surface area contributed by atoms with E-state index >= 15 is 0 Å². The van der Waals surface area contributed by atoms with E-state index < -0.39 is 0 Å². The van der Waals surface area contributed by atoms with E-state index in [4.69, 9.17) is 9.47 Å². The molecule has 2 atom stereocenters. The van der Waals surface area contributed by atoms with Crippen LogP contribution in [-0.2, 0) is 0 Å². The van der Waals surface area contributed by atoms with E-state index in [2.05, 4.69) is 5.32 Å². The van der Waals surface area contributed by atoms with Crippen molar-refractivity contribution in [2.75, 3.05) is 0 Å². The largest absolute Gasteiger partial charge is 0.473 e. The van der Waals surface area contributed by atoms with E-state index in [0.717, 1.165) is 19.3 Å². The predicted octanol–water partition coefficient (Wildman–Crippen LogP) is 4.63. The Bertz CT molecular complexity index is 687. The quantitative estimate of drug-likeness (QED) is 0.893. The minimum Gasteiger partial charge on any atom is -0.473 e. The minimum absolute atomic E-state index is 0.190. The molecule has 2 aliphatic heterocycles. The highest BCUT2D eigenvalue weighted by atomic mass is 19.1. The molecule has 2 aromatic carbocycles. The third kappa shape index (κ3) is 3.04. The molecule has 2 bridgehead atoms. The maximum atomic E-state index is 14.0. The van der Waals surface area contributed by atoms with Crippen LogP contribution >= 0.6 is 0 Å². The lowest BCUT2D eigenvalue weighted by atomic mass is 10.0. The van der Waals surface area contributed by atoms with E-state index in [1.807, 2.05) is 18.2 Å². The number of hydrogen-bond acceptors (Lipinski definition) is 3. The third-order valence-electron chi connectivity index (χ3n) is 4.68. The molecule has 2 aliphatic rings. The van der Waals surface area contributed by atoms with Crippen molar-refractivity contribution in [2.24, 2.45) is 0 Å². The molecule has 3 nitrogen and oxygen atoms in total. The van der Waals surface area contributed by atoms with E-state index in [0.29, 0.717) is 17.5 Å². The van der Waals surface area contributed by atoms with Gasteiger partial charge in [0.2, 0.25) is 0 Å². The maximum absolute atomic E-state index is 14.0. The summed E-state index contributed by atoms with van der Waals surface area (Å²) in [5, 5.41) is 3.58. The molecule has 1 N–H and O–H groups in total. The molecule has 4 rings (SSSR count). The van der Waals surface area contributed by atoms with E-state index in [1.165, 1.54) is 18.9 Å². The molecule has 2 aromatic rings. The number of halogens is 1. The second kappa shape index (κ2) is 5.85. The number of nitrogens with one attached hydrogen (secondary N) is 1. The normalized spacial score (nSPS) is 26.0. The van der Waals surface area contributed by atoms with Gasteiger partial charge in [-0.25, -0.2) is 4.39 Å². The minimum atomic E-state index is -0.389. The van der Waals surface area contributed by atoms with Crippen molar-refractivity contribution in [3.05, 3.63) is 54.3 Å². The van der Waals surface area contributed by atoms with Gasteiger partial charge in [0.25, 0.3) is 0 Å². The van der Waals surface area contributed by atoms with Crippen LogP contribution in [0.15, 0.2) is 48.5 Å². The van der Waals surface area contributed by atoms with Crippen molar-refractivity contribution in [3.8, 4) is 17.2 Å². The number of piperidine rings is 1. The average molecular weight is 313 g/mol. The zero-order valence-corrected chi connectivity index (χ0v) is 12.9. The van der Waals surface area contributed by atoms with Crippen molar-refractivity contribution >= 4 is 0 Å². The Labute approximate surface area is 135 Å². The second-order valence-corrected chi connectivity index (χ2v) is 6.38. The molecular formula is C19H20FNO2. The summed E-state index contributed by atoms with van der Waals surface area (Å²) in [4.78, 5) is 0. The summed E-state index contributed by atoms with van der Waals surface area (Å²) in [5.41, 5.74) is -0.287. The standard InChI is InChI=1S/C19H20FNO2/c20-17-9-8-16(13-18(17)22-15-6-2-1-3-7-15)23-19-11-4-5-14(21-19)10-12-19/h1-3,6-9,13-14,21H,4-5,10-12H2. The molecule has 0 saturated carbocycles. The summed E-state index contributed by atoms with van der Waals surface area (Å²) in [7, 11) is 0. The summed E-state index contributed by atoms with van der Waals surface area (Å²) in [6.07, 6.45) is 5.54. The molecule has 2 fully saturated rings. The van der Waals surface area contributed by atoms with Gasteiger partial charge >= 0.3 is 0 Å². The summed E-state index contributed by atoms with van der Waals surface area (Å²) in [5.74, 6) is 1.06. The van der Waals surface area contributed by atoms with Crippen LogP contribution < -0.4 is 14.8 Å². The summed E-state index contributed by atoms with van der Waals surface area (Å²) >= 11 is 0. The van der Waals surface area contributed by atoms with Crippen molar-refractivity contribution in [1.82, 2.24) is 5.32 Å². The van der Waals surface area contributed by atoms with Crippen LogP contribution in [0.2, 0.25) is 0 Å². The number of ether oxygens (including phenoxy) is 2. The molecule has 2 heterocycles. The van der Waals surface area contributed by atoms with Crippen LogP contribution in [0.25, 0.3) is 0 Å². The molecule has 0 aromatic heterocycles. The van der Waals surface area contributed by atoms with Crippen molar-refractivity contribution in [1.29, 1.82) is 0 Å². The molecule has 2 saturated heterocycles. The first-order chi connectivity index (χ1) is 11.2. The van der Waals surface area contributed by atoms with Gasteiger partial charge in [0.05, 0.1) is 0 Å². The highest BCUT2D eigenvalue weighted by Crippen LogP contribution is 2.38. The lowest BCUT2D eigenvalue weighted by Crippen LogP contribution is -2.50. The molecule has 120 valence electrons. The number of para-hydroxylation sites is 1. The lowest BCUT2D eigenvalue weighted by molar-refractivity contribution is 0.0234. The molecule has 0 spiro atoms. The fourth-order valence-electron chi connectivity index (χ4n) is 3.57. The van der Waals surface area contributed by atoms with Crippen LogP contribution in [-0.4, -0.2) is 11.8 Å². The SMILES string of the molecule is Fc1ccc(OC23CCCC(CC2)N3)cc1Oc1ccccc1. The third-order valence-corrected chi connectivity index (χ3v) is 4.68. The molecule has 0 amide bonds. The van der Waals surface area contributed by atoms with Crippen LogP contribution in [0, 0.1) is 5.82 Å². The van der Waals surface area contributed by atoms with Crippen LogP contribution in [0.1, 0.15) is 32.1 Å². The van der Waals surface area contributed by atoms with Gasteiger partial charge in [0.15, 0.2) is 17.3 Å². The molecular weight excluding hydrogens is 293 g/mol. The highest BCUT2D eigenvalue weighted by molar-refractivity contribution is 5.38. The van der Waals surface area contributed by atoms with E-state index in [-0.39, 0.29) is 17.3 Å². The summed E-state index contributed by atoms with van der Waals surface area (Å²) < 4.78 is 25.9. The Morgan fingerprint density at radius 1 is 1.00 bits per heavy atom. The summed E-state index contributed by atoms with van der Waals surface area (Å²) in [6, 6.07) is 14.5. The average Bonchev–Trinajstić information content (AvgIpc) is 2.86. The van der Waals surface area contributed by atoms with Crippen LogP contribution in [0.5, 0.6) is 17.2 Å². The van der Waals surface area contributed by atoms with Gasteiger partial charge in [-0.05, 0) is 43.5 Å². The Hall–Kier alpha value is -2.07. The van der Waals surface area contributed by atoms with Gasteiger partial charge in [0, 0.05) is 24.9 Å². The van der Waals surface area contributed by atoms with E-state index in [9.17, 15) is 4.39 Å². The first-order valence-corrected chi connectivity index (χ1v) is 8.22. The number of rotatable bonds is 4. The fourth-order valence-corrected chi connectivity index (χ4v) is 3.57. The van der Waals surface area contributed by atoms with Gasteiger partial charge in [-0.3, -0.25) is 5.32 Å². The molecule has 4 heteroatoms. The zero-order valence-electron chi connectivity index (χ0n) is 12.9. The Morgan fingerprint density at radius 3 is 2.74 bits per heavy atom. The predicted molar refractivity (Wildman–Crippen MR) is 86.3 cm³/mol. The highest BCUT2D eigenvalue weighted by Gasteiger charge is 2.43. The topological polar surface area (TPSA) is 30.5 Å². The van der Waals surface area contributed by atoms with Crippen molar-refractivity contribution in [2.45, 2.75) is 43.9 Å². The van der Waals surface area contributed by atoms with Crippen LogP contribution in [0.3, 0.4) is 0 Å². The smallest absolute Gasteiger partial charge is 0.166 e. The summed E-state index contributed by atoms with van der Waals surface area (Å²) in [6.45, 7) is 0. The van der Waals surface area contributed by atoms with Gasteiger partial charge in [-0.2, -0.15) is 0 Å². The Balaban J connectivity index is 1.55. The monoisotopic (exact) mass is 313 g/mol. The first kappa shape index (κ1) is 14.5. The van der Waals surface area contributed by atoms with Gasteiger partial charge in [-0.15, -0.1) is 0 Å². The molecule has 23 heavy (non-hydrogen) atoms. The Morgan fingerprint density at radius 2 is 1.87 bits per heavy atom. The lowest BCUT2D eigenvalue weighted by Gasteiger charge is -2.35. The van der Waals surface area contributed by atoms with Gasteiger partial charge < -0.3 is 9.47 Å². The fraction of sp³-hybridized carbons (Fsp3) is 0.368. The van der Waals surface area contributed by atoms with E-state index in [1.54, 1.807) is 24.3 Å². The molecule has 0 radical (unpaired) electrons.